The van der Waals surface area contributed by atoms with Crippen LogP contribution in [0.1, 0.15) is 33.2 Å². The predicted molar refractivity (Wildman–Crippen MR) is 124 cm³/mol. The number of rotatable bonds is 6. The highest BCUT2D eigenvalue weighted by Crippen LogP contribution is 2.27. The first-order valence-electron chi connectivity index (χ1n) is 11.5. The number of hydrogen-bond acceptors (Lipinski definition) is 4. The summed E-state index contributed by atoms with van der Waals surface area (Å²) < 4.78 is 65.3. The van der Waals surface area contributed by atoms with Crippen molar-refractivity contribution in [2.75, 3.05) is 26.2 Å². The van der Waals surface area contributed by atoms with Gasteiger partial charge in [-0.1, -0.05) is 36.4 Å². The van der Waals surface area contributed by atoms with Crippen LogP contribution in [0.3, 0.4) is 0 Å². The summed E-state index contributed by atoms with van der Waals surface area (Å²) in [5.74, 6) is -2.55. The van der Waals surface area contributed by atoms with Gasteiger partial charge < -0.3 is 10.2 Å². The van der Waals surface area contributed by atoms with E-state index in [1.807, 2.05) is 4.90 Å². The van der Waals surface area contributed by atoms with Crippen molar-refractivity contribution >= 4 is 11.8 Å². The van der Waals surface area contributed by atoms with Crippen LogP contribution in [0.5, 0.6) is 0 Å². The van der Waals surface area contributed by atoms with Crippen LogP contribution in [0, 0.1) is 11.6 Å². The third-order valence-corrected chi connectivity index (χ3v) is 6.02. The van der Waals surface area contributed by atoms with Gasteiger partial charge in [-0.25, -0.2) is 8.78 Å². The van der Waals surface area contributed by atoms with Crippen LogP contribution in [0.15, 0.2) is 66.9 Å². The van der Waals surface area contributed by atoms with E-state index in [9.17, 15) is 31.5 Å². The van der Waals surface area contributed by atoms with E-state index < -0.39 is 35.5 Å². The van der Waals surface area contributed by atoms with Crippen molar-refractivity contribution < 1.29 is 31.5 Å². The standard InChI is InChI=1S/C26H23F5N4O2/c27-20-12-19(13-21(28)14-20)25(37)35-10-8-34(9-11-35)23(18-4-2-1-3-5-18)24(36)33-16-17-6-7-22(32-15-17)26(29,30)31/h1-7,12-15,23H,8-11,16H2,(H,33,36)/t23-/m1/s1. The van der Waals surface area contributed by atoms with E-state index in [1.54, 1.807) is 30.3 Å². The number of benzene rings is 2. The number of nitrogens with one attached hydrogen (secondary N) is 1. The fourth-order valence-electron chi connectivity index (χ4n) is 4.19. The van der Waals surface area contributed by atoms with Gasteiger partial charge in [0, 0.05) is 50.6 Å². The number of aromatic nitrogens is 1. The average Bonchev–Trinajstić information content (AvgIpc) is 2.87. The molecule has 2 heterocycles. The zero-order valence-electron chi connectivity index (χ0n) is 19.5. The third-order valence-electron chi connectivity index (χ3n) is 6.02. The molecule has 0 saturated carbocycles. The molecule has 1 saturated heterocycles. The number of pyridine rings is 1. The van der Waals surface area contributed by atoms with Crippen molar-refractivity contribution in [3.8, 4) is 0 Å². The minimum atomic E-state index is -4.55. The number of carbonyl (C=O) groups excluding carboxylic acids is 2. The lowest BCUT2D eigenvalue weighted by molar-refractivity contribution is -0.141. The molecule has 6 nitrogen and oxygen atoms in total. The van der Waals surface area contributed by atoms with E-state index in [4.69, 9.17) is 0 Å². The molecule has 2 aromatic carbocycles. The Morgan fingerprint density at radius 3 is 2.14 bits per heavy atom. The molecule has 0 unspecified atom stereocenters. The minimum absolute atomic E-state index is 0.0170. The fraction of sp³-hybridized carbons (Fsp3) is 0.269. The average molecular weight is 518 g/mol. The first kappa shape index (κ1) is 26.2. The topological polar surface area (TPSA) is 65.5 Å². The maximum atomic E-state index is 13.5. The van der Waals surface area contributed by atoms with E-state index >= 15 is 0 Å². The Kier molecular flexibility index (Phi) is 7.82. The number of alkyl halides is 3. The molecule has 2 amide bonds. The molecule has 0 aliphatic carbocycles. The molecule has 194 valence electrons. The summed E-state index contributed by atoms with van der Waals surface area (Å²) >= 11 is 0. The molecule has 37 heavy (non-hydrogen) atoms. The van der Waals surface area contributed by atoms with Gasteiger partial charge in [0.05, 0.1) is 0 Å². The smallest absolute Gasteiger partial charge is 0.350 e. The van der Waals surface area contributed by atoms with Gasteiger partial charge in [-0.15, -0.1) is 0 Å². The van der Waals surface area contributed by atoms with Crippen LogP contribution >= 0.6 is 0 Å². The monoisotopic (exact) mass is 518 g/mol. The molecule has 1 aliphatic rings. The van der Waals surface area contributed by atoms with Crippen LogP contribution in [0.2, 0.25) is 0 Å². The largest absolute Gasteiger partial charge is 0.433 e. The highest BCUT2D eigenvalue weighted by molar-refractivity contribution is 5.94. The number of carbonyl (C=O) groups is 2. The Balaban J connectivity index is 1.43. The zero-order chi connectivity index (χ0) is 26.6. The Bertz CT molecular complexity index is 1220. The van der Waals surface area contributed by atoms with Gasteiger partial charge in [-0.2, -0.15) is 13.2 Å². The number of amides is 2. The molecular weight excluding hydrogens is 495 g/mol. The molecule has 1 aromatic heterocycles. The lowest BCUT2D eigenvalue weighted by Crippen LogP contribution is -2.52. The Morgan fingerprint density at radius 1 is 0.919 bits per heavy atom. The Hall–Kier alpha value is -3.86. The second-order valence-electron chi connectivity index (χ2n) is 8.57. The SMILES string of the molecule is O=C(NCc1ccc(C(F)(F)F)nc1)[C@@H](c1ccccc1)N1CCN(C(=O)c2cc(F)cc(F)c2)CC1. The van der Waals surface area contributed by atoms with Crippen LogP contribution in [0.25, 0.3) is 0 Å². The Morgan fingerprint density at radius 2 is 1.57 bits per heavy atom. The molecule has 1 fully saturated rings. The zero-order valence-corrected chi connectivity index (χ0v) is 19.5. The van der Waals surface area contributed by atoms with Crippen molar-refractivity contribution in [1.82, 2.24) is 20.1 Å². The number of nitrogens with zero attached hydrogens (tertiary/aromatic N) is 3. The summed E-state index contributed by atoms with van der Waals surface area (Å²) in [5, 5.41) is 2.76. The molecule has 0 radical (unpaired) electrons. The normalized spacial score (nSPS) is 15.3. The minimum Gasteiger partial charge on any atom is -0.350 e. The fourth-order valence-corrected chi connectivity index (χ4v) is 4.19. The number of hydrogen-bond donors (Lipinski definition) is 1. The van der Waals surface area contributed by atoms with Crippen molar-refractivity contribution in [3.63, 3.8) is 0 Å². The molecule has 1 atom stereocenters. The summed E-state index contributed by atoms with van der Waals surface area (Å²) in [6, 6.07) is 13.0. The van der Waals surface area contributed by atoms with Gasteiger partial charge in [0.25, 0.3) is 5.91 Å². The van der Waals surface area contributed by atoms with Gasteiger partial charge >= 0.3 is 6.18 Å². The summed E-state index contributed by atoms with van der Waals surface area (Å²) in [4.78, 5) is 32.7. The molecule has 4 rings (SSSR count). The second-order valence-corrected chi connectivity index (χ2v) is 8.57. The quantitative estimate of drug-likeness (QED) is 0.497. The van der Waals surface area contributed by atoms with Gasteiger partial charge in [0.2, 0.25) is 5.91 Å². The van der Waals surface area contributed by atoms with Crippen LogP contribution in [0.4, 0.5) is 22.0 Å². The maximum absolute atomic E-state index is 13.5. The van der Waals surface area contributed by atoms with Gasteiger partial charge in [-0.05, 0) is 29.3 Å². The van der Waals surface area contributed by atoms with Crippen molar-refractivity contribution in [2.45, 2.75) is 18.8 Å². The predicted octanol–water partition coefficient (Wildman–Crippen LogP) is 4.19. The molecule has 1 aliphatic heterocycles. The van der Waals surface area contributed by atoms with E-state index in [1.165, 1.54) is 11.0 Å². The van der Waals surface area contributed by atoms with Gasteiger partial charge in [-0.3, -0.25) is 19.5 Å². The lowest BCUT2D eigenvalue weighted by Gasteiger charge is -2.38. The second kappa shape index (κ2) is 11.0. The summed E-state index contributed by atoms with van der Waals surface area (Å²) in [6.07, 6.45) is -3.48. The maximum Gasteiger partial charge on any atom is 0.433 e. The van der Waals surface area contributed by atoms with E-state index in [-0.39, 0.29) is 31.1 Å². The molecule has 3 aromatic rings. The van der Waals surface area contributed by atoms with E-state index in [0.29, 0.717) is 30.3 Å². The summed E-state index contributed by atoms with van der Waals surface area (Å²) in [6.45, 7) is 1.08. The van der Waals surface area contributed by atoms with E-state index in [2.05, 4.69) is 10.3 Å². The highest BCUT2D eigenvalue weighted by atomic mass is 19.4. The van der Waals surface area contributed by atoms with E-state index in [0.717, 1.165) is 24.4 Å². The van der Waals surface area contributed by atoms with Crippen LogP contribution in [-0.2, 0) is 17.5 Å². The molecule has 0 bridgehead atoms. The molecule has 1 N–H and O–H groups in total. The first-order valence-corrected chi connectivity index (χ1v) is 11.5. The summed E-state index contributed by atoms with van der Waals surface area (Å²) in [7, 11) is 0. The molecule has 0 spiro atoms. The van der Waals surface area contributed by atoms with Crippen LogP contribution < -0.4 is 5.32 Å². The number of halogens is 5. The molecular formula is C26H23F5N4O2. The van der Waals surface area contributed by atoms with Crippen molar-refractivity contribution in [2.24, 2.45) is 0 Å². The first-order chi connectivity index (χ1) is 17.6. The van der Waals surface area contributed by atoms with Gasteiger partial charge in [0.1, 0.15) is 23.4 Å². The summed E-state index contributed by atoms with van der Waals surface area (Å²) in [5.41, 5.74) is 0.00927. The van der Waals surface area contributed by atoms with Crippen LogP contribution in [-0.4, -0.2) is 52.8 Å². The highest BCUT2D eigenvalue weighted by Gasteiger charge is 2.33. The number of piperazine rings is 1. The molecule has 11 heteroatoms. The van der Waals surface area contributed by atoms with Crippen molar-refractivity contribution in [1.29, 1.82) is 0 Å². The lowest BCUT2D eigenvalue weighted by atomic mass is 10.0. The third kappa shape index (κ3) is 6.48. The Labute approximate surface area is 209 Å². The van der Waals surface area contributed by atoms with Gasteiger partial charge in [0.15, 0.2) is 0 Å². The van der Waals surface area contributed by atoms with Crippen molar-refractivity contribution in [3.05, 3.63) is 101 Å².